The molecule has 0 radical (unpaired) electrons. The smallest absolute Gasteiger partial charge is 0.231 e. The molecule has 0 unspecified atom stereocenters. The molecule has 0 saturated carbocycles. The molecule has 2 aliphatic heterocycles. The number of piperazine rings is 1. The Morgan fingerprint density at radius 3 is 2.72 bits per heavy atom. The molecule has 2 aliphatic rings. The van der Waals surface area contributed by atoms with Crippen LogP contribution in [0.1, 0.15) is 5.56 Å². The van der Waals surface area contributed by atoms with Crippen molar-refractivity contribution in [2.75, 3.05) is 56.0 Å². The van der Waals surface area contributed by atoms with Gasteiger partial charge in [0.2, 0.25) is 6.79 Å². The van der Waals surface area contributed by atoms with Crippen molar-refractivity contribution < 1.29 is 14.2 Å². The highest BCUT2D eigenvalue weighted by Gasteiger charge is 2.22. The van der Waals surface area contributed by atoms with Gasteiger partial charge in [0.05, 0.1) is 7.11 Å². The summed E-state index contributed by atoms with van der Waals surface area (Å²) in [5.41, 5.74) is 9.06. The van der Waals surface area contributed by atoms with Crippen LogP contribution < -0.4 is 30.2 Å². The fourth-order valence-corrected chi connectivity index (χ4v) is 3.99. The zero-order chi connectivity index (χ0) is 21.9. The number of hydrogen-bond donors (Lipinski definition) is 2. The topological polar surface area (TPSA) is 98.0 Å². The normalized spacial score (nSPS) is 15.6. The molecular weight excluding hydrogens is 408 g/mol. The van der Waals surface area contributed by atoms with Gasteiger partial charge in [0, 0.05) is 44.5 Å². The molecule has 0 amide bonds. The molecular formula is C23H26N6O3. The Hall–Kier alpha value is -3.72. The first-order valence-corrected chi connectivity index (χ1v) is 10.6. The molecule has 32 heavy (non-hydrogen) atoms. The zero-order valence-corrected chi connectivity index (χ0v) is 18.0. The number of ether oxygens (including phenoxy) is 3. The van der Waals surface area contributed by atoms with Gasteiger partial charge in [-0.1, -0.05) is 12.1 Å². The van der Waals surface area contributed by atoms with E-state index in [0.29, 0.717) is 18.3 Å². The number of fused-ring (bicyclic) bond motifs is 1. The average Bonchev–Trinajstić information content (AvgIpc) is 3.29. The van der Waals surface area contributed by atoms with Gasteiger partial charge in [-0.25, -0.2) is 9.97 Å². The number of rotatable bonds is 6. The van der Waals surface area contributed by atoms with Crippen molar-refractivity contribution in [2.45, 2.75) is 6.54 Å². The van der Waals surface area contributed by atoms with Crippen molar-refractivity contribution in [1.82, 2.24) is 14.9 Å². The van der Waals surface area contributed by atoms with E-state index < -0.39 is 0 Å². The number of hydrogen-bond acceptors (Lipinski definition) is 9. The van der Waals surface area contributed by atoms with E-state index in [-0.39, 0.29) is 0 Å². The lowest BCUT2D eigenvalue weighted by Gasteiger charge is -2.36. The number of benzene rings is 2. The predicted molar refractivity (Wildman–Crippen MR) is 123 cm³/mol. The van der Waals surface area contributed by atoms with Crippen LogP contribution in [-0.2, 0) is 6.54 Å². The van der Waals surface area contributed by atoms with Gasteiger partial charge in [0.1, 0.15) is 17.8 Å². The summed E-state index contributed by atoms with van der Waals surface area (Å²) in [5.74, 6) is 3.75. The van der Waals surface area contributed by atoms with Gasteiger partial charge in [-0.05, 0) is 29.8 Å². The maximum absolute atomic E-state index is 6.44. The first kappa shape index (κ1) is 20.2. The molecule has 3 N–H and O–H groups in total. The maximum Gasteiger partial charge on any atom is 0.231 e. The Labute approximate surface area is 186 Å². The van der Waals surface area contributed by atoms with E-state index in [1.54, 1.807) is 13.4 Å². The lowest BCUT2D eigenvalue weighted by Crippen LogP contribution is -2.46. The average molecular weight is 435 g/mol. The van der Waals surface area contributed by atoms with Crippen molar-refractivity contribution in [2.24, 2.45) is 0 Å². The Kier molecular flexibility index (Phi) is 5.55. The van der Waals surface area contributed by atoms with Crippen LogP contribution in [0.4, 0.5) is 23.0 Å². The van der Waals surface area contributed by atoms with E-state index in [1.165, 1.54) is 5.56 Å². The van der Waals surface area contributed by atoms with E-state index in [2.05, 4.69) is 37.2 Å². The van der Waals surface area contributed by atoms with Gasteiger partial charge in [-0.3, -0.25) is 4.90 Å². The number of methoxy groups -OCH3 is 1. The van der Waals surface area contributed by atoms with Gasteiger partial charge >= 0.3 is 0 Å². The fraction of sp³-hybridized carbons (Fsp3) is 0.304. The minimum Gasteiger partial charge on any atom is -0.497 e. The van der Waals surface area contributed by atoms with E-state index in [0.717, 1.165) is 61.5 Å². The summed E-state index contributed by atoms with van der Waals surface area (Å²) >= 11 is 0. The second kappa shape index (κ2) is 8.80. The first-order valence-electron chi connectivity index (χ1n) is 10.6. The van der Waals surface area contributed by atoms with E-state index in [9.17, 15) is 0 Å². The molecule has 3 aromatic rings. The largest absolute Gasteiger partial charge is 0.497 e. The lowest BCUT2D eigenvalue weighted by molar-refractivity contribution is 0.174. The SMILES string of the molecule is COc1cccc(Nc2ncnc(N3CCN(Cc4ccc5c(c4)OCO5)CC3)c2N)c1. The van der Waals surface area contributed by atoms with Crippen molar-refractivity contribution in [3.05, 3.63) is 54.4 Å². The number of aromatic nitrogens is 2. The quantitative estimate of drug-likeness (QED) is 0.607. The van der Waals surface area contributed by atoms with Crippen LogP contribution in [0, 0.1) is 0 Å². The molecule has 0 bridgehead atoms. The summed E-state index contributed by atoms with van der Waals surface area (Å²) < 4.78 is 16.2. The van der Waals surface area contributed by atoms with E-state index in [1.807, 2.05) is 30.3 Å². The monoisotopic (exact) mass is 434 g/mol. The summed E-state index contributed by atoms with van der Waals surface area (Å²) in [6, 6.07) is 13.8. The Bertz CT molecular complexity index is 1100. The molecule has 3 heterocycles. The number of nitrogens with zero attached hydrogens (tertiary/aromatic N) is 4. The fourth-order valence-electron chi connectivity index (χ4n) is 3.99. The summed E-state index contributed by atoms with van der Waals surface area (Å²) in [6.07, 6.45) is 1.55. The predicted octanol–water partition coefficient (Wildman–Crippen LogP) is 2.86. The molecule has 0 aliphatic carbocycles. The minimum absolute atomic E-state index is 0.298. The Morgan fingerprint density at radius 2 is 1.88 bits per heavy atom. The van der Waals surface area contributed by atoms with Crippen LogP contribution in [0.15, 0.2) is 48.8 Å². The minimum atomic E-state index is 0.298. The van der Waals surface area contributed by atoms with Crippen LogP contribution in [0.25, 0.3) is 0 Å². The number of nitrogens with one attached hydrogen (secondary N) is 1. The molecule has 1 fully saturated rings. The van der Waals surface area contributed by atoms with Crippen molar-refractivity contribution in [3.63, 3.8) is 0 Å². The number of nitrogens with two attached hydrogens (primary N) is 1. The van der Waals surface area contributed by atoms with Crippen LogP contribution >= 0.6 is 0 Å². The molecule has 1 saturated heterocycles. The van der Waals surface area contributed by atoms with Crippen LogP contribution in [0.2, 0.25) is 0 Å². The number of anilines is 4. The van der Waals surface area contributed by atoms with Gasteiger partial charge in [-0.15, -0.1) is 0 Å². The van der Waals surface area contributed by atoms with E-state index >= 15 is 0 Å². The molecule has 0 spiro atoms. The second-order valence-corrected chi connectivity index (χ2v) is 7.77. The Morgan fingerprint density at radius 1 is 1.03 bits per heavy atom. The third-order valence-corrected chi connectivity index (χ3v) is 5.71. The van der Waals surface area contributed by atoms with Crippen molar-refractivity contribution in [1.29, 1.82) is 0 Å². The van der Waals surface area contributed by atoms with Gasteiger partial charge in [0.25, 0.3) is 0 Å². The highest BCUT2D eigenvalue weighted by molar-refractivity contribution is 5.78. The molecule has 9 nitrogen and oxygen atoms in total. The Balaban J connectivity index is 1.23. The van der Waals surface area contributed by atoms with Gasteiger partial charge < -0.3 is 30.2 Å². The molecule has 9 heteroatoms. The van der Waals surface area contributed by atoms with Gasteiger partial charge in [-0.2, -0.15) is 0 Å². The third kappa shape index (κ3) is 4.19. The second-order valence-electron chi connectivity index (χ2n) is 7.77. The summed E-state index contributed by atoms with van der Waals surface area (Å²) in [7, 11) is 1.64. The zero-order valence-electron chi connectivity index (χ0n) is 18.0. The van der Waals surface area contributed by atoms with Crippen molar-refractivity contribution >= 4 is 23.0 Å². The van der Waals surface area contributed by atoms with Crippen LogP contribution in [0.3, 0.4) is 0 Å². The molecule has 2 aromatic carbocycles. The van der Waals surface area contributed by atoms with E-state index in [4.69, 9.17) is 19.9 Å². The van der Waals surface area contributed by atoms with Crippen LogP contribution in [0.5, 0.6) is 17.2 Å². The van der Waals surface area contributed by atoms with Crippen LogP contribution in [-0.4, -0.2) is 54.9 Å². The standard InChI is InChI=1S/C23H26N6O3/c1-30-18-4-2-3-17(12-18)27-22-21(24)23(26-14-25-22)29-9-7-28(8-10-29)13-16-5-6-19-20(11-16)32-15-31-19/h2-6,11-12,14H,7-10,13,15,24H2,1H3,(H,25,26,27). The highest BCUT2D eigenvalue weighted by Crippen LogP contribution is 2.33. The third-order valence-electron chi connectivity index (χ3n) is 5.71. The number of nitrogen functional groups attached to an aromatic ring is 1. The van der Waals surface area contributed by atoms with Crippen molar-refractivity contribution in [3.8, 4) is 17.2 Å². The summed E-state index contributed by atoms with van der Waals surface area (Å²) in [6.45, 7) is 4.67. The lowest BCUT2D eigenvalue weighted by atomic mass is 10.1. The van der Waals surface area contributed by atoms with Gasteiger partial charge in [0.15, 0.2) is 23.1 Å². The molecule has 1 aromatic heterocycles. The highest BCUT2D eigenvalue weighted by atomic mass is 16.7. The maximum atomic E-state index is 6.44. The first-order chi connectivity index (χ1) is 15.7. The summed E-state index contributed by atoms with van der Waals surface area (Å²) in [4.78, 5) is 13.4. The molecule has 166 valence electrons. The molecule has 5 rings (SSSR count). The summed E-state index contributed by atoms with van der Waals surface area (Å²) in [5, 5.41) is 3.27. The molecule has 0 atom stereocenters.